The zero-order chi connectivity index (χ0) is 16.5. The highest BCUT2D eigenvalue weighted by Crippen LogP contribution is 2.20. The van der Waals surface area contributed by atoms with Crippen LogP contribution in [0.1, 0.15) is 5.56 Å². The number of nitrogens with zero attached hydrogens (tertiary/aromatic N) is 2. The molecule has 1 aromatic rings. The number of amides is 1. The van der Waals surface area contributed by atoms with Gasteiger partial charge in [0.1, 0.15) is 17.4 Å². The maximum absolute atomic E-state index is 12.1. The lowest BCUT2D eigenvalue weighted by atomic mass is 10.2. The Kier molecular flexibility index (Phi) is 6.89. The topological polar surface area (TPSA) is 117 Å². The van der Waals surface area contributed by atoms with Gasteiger partial charge in [0, 0.05) is 25.0 Å². The molecular weight excluding hydrogens is 286 g/mol. The second-order valence-corrected chi connectivity index (χ2v) is 4.59. The number of hydrogen-bond acceptors (Lipinski definition) is 6. The molecule has 0 fully saturated rings. The number of phenolic OH excluding ortho intramolecular Hbond substituents is 1. The van der Waals surface area contributed by atoms with Crippen LogP contribution in [-0.4, -0.2) is 52.4 Å². The van der Waals surface area contributed by atoms with Crippen LogP contribution in [0.15, 0.2) is 30.0 Å². The van der Waals surface area contributed by atoms with Crippen LogP contribution >= 0.6 is 0 Å². The van der Waals surface area contributed by atoms with Gasteiger partial charge in [0.2, 0.25) is 0 Å². The van der Waals surface area contributed by atoms with Gasteiger partial charge >= 0.3 is 0 Å². The fourth-order valence-electron chi connectivity index (χ4n) is 1.80. The highest BCUT2D eigenvalue weighted by atomic mass is 16.3. The molecule has 1 aromatic carbocycles. The number of phenols is 1. The number of aryl methyl sites for hydroxylation is 1. The third-order valence-corrected chi connectivity index (χ3v) is 2.91. The molecule has 7 nitrogen and oxygen atoms in total. The summed E-state index contributed by atoms with van der Waals surface area (Å²) in [6.45, 7) is 1.81. The van der Waals surface area contributed by atoms with E-state index >= 15 is 0 Å². The maximum Gasteiger partial charge on any atom is 0.267 e. The Balaban J connectivity index is 2.89. The summed E-state index contributed by atoms with van der Waals surface area (Å²) < 4.78 is 0. The first-order chi connectivity index (χ1) is 10.5. The Bertz CT molecular complexity index is 587. The third-order valence-electron chi connectivity index (χ3n) is 2.91. The molecule has 22 heavy (non-hydrogen) atoms. The molecule has 1 rings (SSSR count). The van der Waals surface area contributed by atoms with Gasteiger partial charge < -0.3 is 25.5 Å². The number of carbonyl (C=O) groups excluding carboxylic acids is 1. The first-order valence-electron chi connectivity index (χ1n) is 6.70. The number of carbonyl (C=O) groups is 1. The second-order valence-electron chi connectivity index (χ2n) is 4.59. The Hall–Kier alpha value is -2.56. The summed E-state index contributed by atoms with van der Waals surface area (Å²) in [7, 11) is 0. The molecule has 0 aliphatic rings. The number of aliphatic hydroxyl groups excluding tert-OH is 2. The third kappa shape index (κ3) is 5.09. The second kappa shape index (κ2) is 8.67. The van der Waals surface area contributed by atoms with Gasteiger partial charge in [0.15, 0.2) is 0 Å². The van der Waals surface area contributed by atoms with Crippen LogP contribution in [-0.2, 0) is 4.79 Å². The minimum Gasteiger partial charge on any atom is -0.508 e. The minimum absolute atomic E-state index is 0.0867. The van der Waals surface area contributed by atoms with E-state index in [9.17, 15) is 9.90 Å². The summed E-state index contributed by atoms with van der Waals surface area (Å²) in [5, 5.41) is 38.9. The summed E-state index contributed by atoms with van der Waals surface area (Å²) in [4.78, 5) is 13.6. The average Bonchev–Trinajstić information content (AvgIpc) is 2.47. The molecule has 118 valence electrons. The number of rotatable bonds is 7. The van der Waals surface area contributed by atoms with E-state index < -0.39 is 5.91 Å². The Morgan fingerprint density at radius 1 is 1.36 bits per heavy atom. The van der Waals surface area contributed by atoms with Gasteiger partial charge in [-0.1, -0.05) is 0 Å². The molecule has 4 N–H and O–H groups in total. The van der Waals surface area contributed by atoms with Crippen molar-refractivity contribution in [3.05, 3.63) is 35.5 Å². The van der Waals surface area contributed by atoms with Crippen molar-refractivity contribution in [3.8, 4) is 11.8 Å². The standard InChI is InChI=1S/C15H19N3O4/c1-11-8-13(21)2-3-14(11)17-15(22)12(9-16)10-18(4-6-19)5-7-20/h2-3,8,10,19-21H,4-7H2,1H3,(H,17,22)/b12-10-. The molecule has 7 heteroatoms. The Morgan fingerprint density at radius 3 is 2.50 bits per heavy atom. The first kappa shape index (κ1) is 17.5. The molecular formula is C15H19N3O4. The van der Waals surface area contributed by atoms with Crippen LogP contribution in [0.3, 0.4) is 0 Å². The fraction of sp³-hybridized carbons (Fsp3) is 0.333. The van der Waals surface area contributed by atoms with Crippen molar-refractivity contribution in [2.45, 2.75) is 6.92 Å². The summed E-state index contributed by atoms with van der Waals surface area (Å²) in [5.41, 5.74) is 1.00. The Morgan fingerprint density at radius 2 is 2.00 bits per heavy atom. The van der Waals surface area contributed by atoms with Crippen molar-refractivity contribution in [2.75, 3.05) is 31.6 Å². The largest absolute Gasteiger partial charge is 0.508 e. The van der Waals surface area contributed by atoms with Crippen molar-refractivity contribution in [2.24, 2.45) is 0 Å². The van der Waals surface area contributed by atoms with Crippen LogP contribution in [0.5, 0.6) is 5.75 Å². The number of aromatic hydroxyl groups is 1. The van der Waals surface area contributed by atoms with Gasteiger partial charge in [-0.25, -0.2) is 0 Å². The van der Waals surface area contributed by atoms with Crippen LogP contribution in [0.4, 0.5) is 5.69 Å². The molecule has 0 radical (unpaired) electrons. The molecule has 0 saturated heterocycles. The van der Waals surface area contributed by atoms with Crippen molar-refractivity contribution in [1.82, 2.24) is 4.90 Å². The molecule has 0 bridgehead atoms. The molecule has 0 saturated carbocycles. The predicted octanol–water partition coefficient (Wildman–Crippen LogP) is 0.333. The normalized spacial score (nSPS) is 10.9. The van der Waals surface area contributed by atoms with E-state index in [0.29, 0.717) is 11.3 Å². The molecule has 0 atom stereocenters. The zero-order valence-corrected chi connectivity index (χ0v) is 12.3. The number of anilines is 1. The Labute approximate surface area is 128 Å². The van der Waals surface area contributed by atoms with Crippen LogP contribution in [0.2, 0.25) is 0 Å². The molecule has 0 aliphatic carbocycles. The van der Waals surface area contributed by atoms with E-state index in [0.717, 1.165) is 0 Å². The quantitative estimate of drug-likeness (QED) is 0.328. The highest BCUT2D eigenvalue weighted by molar-refractivity contribution is 6.06. The van der Waals surface area contributed by atoms with E-state index in [2.05, 4.69) is 5.32 Å². The summed E-state index contributed by atoms with van der Waals surface area (Å²) in [6, 6.07) is 6.26. The highest BCUT2D eigenvalue weighted by Gasteiger charge is 2.12. The lowest BCUT2D eigenvalue weighted by Gasteiger charge is -2.18. The van der Waals surface area contributed by atoms with Crippen LogP contribution in [0, 0.1) is 18.3 Å². The molecule has 1 amide bonds. The van der Waals surface area contributed by atoms with Crippen LogP contribution in [0.25, 0.3) is 0 Å². The predicted molar refractivity (Wildman–Crippen MR) is 80.9 cm³/mol. The molecule has 0 unspecified atom stereocenters. The molecule has 0 spiro atoms. The summed E-state index contributed by atoms with van der Waals surface area (Å²) in [5.74, 6) is -0.513. The monoisotopic (exact) mass is 305 g/mol. The van der Waals surface area contributed by atoms with E-state index in [1.165, 1.54) is 29.3 Å². The smallest absolute Gasteiger partial charge is 0.267 e. The SMILES string of the molecule is Cc1cc(O)ccc1NC(=O)/C(C#N)=C\N(CCO)CCO. The lowest BCUT2D eigenvalue weighted by molar-refractivity contribution is -0.112. The van der Waals surface area contributed by atoms with Gasteiger partial charge in [-0.15, -0.1) is 0 Å². The van der Waals surface area contributed by atoms with Gasteiger partial charge in [-0.3, -0.25) is 4.79 Å². The molecule has 0 aromatic heterocycles. The lowest BCUT2D eigenvalue weighted by Crippen LogP contribution is -2.26. The van der Waals surface area contributed by atoms with Gasteiger partial charge in [0.05, 0.1) is 13.2 Å². The maximum atomic E-state index is 12.1. The van der Waals surface area contributed by atoms with Crippen molar-refractivity contribution in [3.63, 3.8) is 0 Å². The molecule has 0 aliphatic heterocycles. The average molecular weight is 305 g/mol. The van der Waals surface area contributed by atoms with Gasteiger partial charge in [0.25, 0.3) is 5.91 Å². The van der Waals surface area contributed by atoms with Gasteiger partial charge in [-0.05, 0) is 30.7 Å². The van der Waals surface area contributed by atoms with Crippen molar-refractivity contribution >= 4 is 11.6 Å². The van der Waals surface area contributed by atoms with E-state index in [1.807, 2.05) is 0 Å². The molecule has 0 heterocycles. The van der Waals surface area contributed by atoms with E-state index in [4.69, 9.17) is 15.5 Å². The summed E-state index contributed by atoms with van der Waals surface area (Å²) in [6.07, 6.45) is 1.30. The first-order valence-corrected chi connectivity index (χ1v) is 6.70. The zero-order valence-electron chi connectivity index (χ0n) is 12.3. The number of aliphatic hydroxyl groups is 2. The number of hydrogen-bond donors (Lipinski definition) is 4. The fourth-order valence-corrected chi connectivity index (χ4v) is 1.80. The van der Waals surface area contributed by atoms with Gasteiger partial charge in [-0.2, -0.15) is 5.26 Å². The number of nitriles is 1. The van der Waals surface area contributed by atoms with Crippen LogP contribution < -0.4 is 5.32 Å². The summed E-state index contributed by atoms with van der Waals surface area (Å²) >= 11 is 0. The number of nitrogens with one attached hydrogen (secondary N) is 1. The van der Waals surface area contributed by atoms with E-state index in [1.54, 1.807) is 13.0 Å². The number of benzene rings is 1. The van der Waals surface area contributed by atoms with Crippen molar-refractivity contribution in [1.29, 1.82) is 5.26 Å². The van der Waals surface area contributed by atoms with Crippen molar-refractivity contribution < 1.29 is 20.1 Å². The minimum atomic E-state index is -0.600. The van der Waals surface area contributed by atoms with E-state index in [-0.39, 0.29) is 37.6 Å².